The van der Waals surface area contributed by atoms with Crippen molar-refractivity contribution >= 4 is 46.8 Å². The van der Waals surface area contributed by atoms with Crippen LogP contribution in [0.4, 0.5) is 11.4 Å². The summed E-state index contributed by atoms with van der Waals surface area (Å²) in [6.45, 7) is 0.598. The summed E-state index contributed by atoms with van der Waals surface area (Å²) in [6.07, 6.45) is 8.81. The van der Waals surface area contributed by atoms with Gasteiger partial charge in [0.2, 0.25) is 11.8 Å². The first-order valence-corrected chi connectivity index (χ1v) is 14.5. The van der Waals surface area contributed by atoms with Crippen LogP contribution in [0.15, 0.2) is 60.7 Å². The van der Waals surface area contributed by atoms with Gasteiger partial charge in [0.1, 0.15) is 11.5 Å². The van der Waals surface area contributed by atoms with Gasteiger partial charge in [0.25, 0.3) is 23.6 Å². The molecule has 0 atom stereocenters. The van der Waals surface area contributed by atoms with Gasteiger partial charge in [0, 0.05) is 50.2 Å². The first-order valence-electron chi connectivity index (χ1n) is 14.5. The molecule has 2 aliphatic rings. The lowest BCUT2D eigenvalue weighted by atomic mass is 10.0. The topological polar surface area (TPSA) is 173 Å². The molecule has 0 bridgehead atoms. The molecular formula is C32H34N4O8. The lowest BCUT2D eigenvalue weighted by Crippen LogP contribution is -2.30. The molecular weight excluding hydrogens is 568 g/mol. The lowest BCUT2D eigenvalue weighted by Gasteiger charge is -2.14. The van der Waals surface area contributed by atoms with Crippen LogP contribution in [0.1, 0.15) is 51.4 Å². The SMILES string of the molecule is O=C(CCCCCN1C(=O)C=CC1=O)Nc1cc(-c2ccc(O)c(NC(=O)CCCCCN3C(=O)C=CC3=O)c2)ccc1O. The largest absolute Gasteiger partial charge is 0.506 e. The summed E-state index contributed by atoms with van der Waals surface area (Å²) in [5.74, 6) is -2.17. The molecule has 0 spiro atoms. The zero-order valence-electron chi connectivity index (χ0n) is 24.1. The van der Waals surface area contributed by atoms with Gasteiger partial charge in [-0.2, -0.15) is 0 Å². The van der Waals surface area contributed by atoms with E-state index in [-0.39, 0.29) is 71.2 Å². The quantitative estimate of drug-likeness (QED) is 0.136. The standard InChI is InChI=1S/C32H34N4O8/c37-25-11-9-21(19-23(25)33-27(39)7-3-1-5-17-35-29(41)13-14-30(35)42)22-10-12-26(38)24(20-22)34-28(40)8-4-2-6-18-36-31(43)15-16-32(36)44/h9-16,19-20,37-38H,1-8,17-18H2,(H,33,39)(H,34,40). The number of carbonyl (C=O) groups is 6. The normalized spacial score (nSPS) is 14.2. The first kappa shape index (κ1) is 31.7. The van der Waals surface area contributed by atoms with Gasteiger partial charge >= 0.3 is 0 Å². The summed E-state index contributed by atoms with van der Waals surface area (Å²) >= 11 is 0. The number of rotatable bonds is 15. The van der Waals surface area contributed by atoms with Crippen LogP contribution in [0.3, 0.4) is 0 Å². The molecule has 0 saturated carbocycles. The fraction of sp³-hybridized carbons (Fsp3) is 0.312. The van der Waals surface area contributed by atoms with Crippen molar-refractivity contribution in [3.8, 4) is 22.6 Å². The molecule has 0 aliphatic carbocycles. The second-order valence-electron chi connectivity index (χ2n) is 10.5. The molecule has 0 unspecified atom stereocenters. The highest BCUT2D eigenvalue weighted by molar-refractivity contribution is 6.13. The molecule has 4 N–H and O–H groups in total. The number of phenolic OH excluding ortho intramolecular Hbond substituents is 2. The molecule has 2 heterocycles. The van der Waals surface area contributed by atoms with Crippen molar-refractivity contribution in [3.63, 3.8) is 0 Å². The Hall–Kier alpha value is -5.26. The van der Waals surface area contributed by atoms with E-state index < -0.39 is 0 Å². The Kier molecular flexibility index (Phi) is 10.6. The van der Waals surface area contributed by atoms with Crippen LogP contribution in [-0.2, 0) is 28.8 Å². The summed E-state index contributed by atoms with van der Waals surface area (Å²) in [5.41, 5.74) is 1.67. The summed E-state index contributed by atoms with van der Waals surface area (Å²) in [4.78, 5) is 73.7. The summed E-state index contributed by atoms with van der Waals surface area (Å²) in [5, 5.41) is 26.0. The molecule has 0 aromatic heterocycles. The van der Waals surface area contributed by atoms with Gasteiger partial charge in [-0.1, -0.05) is 25.0 Å². The highest BCUT2D eigenvalue weighted by Crippen LogP contribution is 2.34. The number of nitrogens with zero attached hydrogens (tertiary/aromatic N) is 2. The third-order valence-corrected chi connectivity index (χ3v) is 7.25. The zero-order valence-corrected chi connectivity index (χ0v) is 24.1. The lowest BCUT2D eigenvalue weighted by molar-refractivity contribution is -0.138. The summed E-state index contributed by atoms with van der Waals surface area (Å²) in [7, 11) is 0. The van der Waals surface area contributed by atoms with Gasteiger partial charge in [-0.05, 0) is 61.1 Å². The molecule has 4 rings (SSSR count). The van der Waals surface area contributed by atoms with Crippen molar-refractivity contribution in [2.75, 3.05) is 23.7 Å². The van der Waals surface area contributed by atoms with E-state index in [9.17, 15) is 39.0 Å². The number of nitrogens with one attached hydrogen (secondary N) is 2. The average Bonchev–Trinajstić information content (AvgIpc) is 3.49. The number of amides is 6. The third kappa shape index (κ3) is 8.40. The number of unbranched alkanes of at least 4 members (excludes halogenated alkanes) is 4. The van der Waals surface area contributed by atoms with Gasteiger partial charge in [-0.25, -0.2) is 0 Å². The predicted molar refractivity (Wildman–Crippen MR) is 161 cm³/mol. The van der Waals surface area contributed by atoms with Crippen molar-refractivity contribution in [1.82, 2.24) is 9.80 Å². The highest BCUT2D eigenvalue weighted by atomic mass is 16.3. The van der Waals surface area contributed by atoms with Crippen LogP contribution in [0.5, 0.6) is 11.5 Å². The predicted octanol–water partition coefficient (Wildman–Crippen LogP) is 3.61. The Morgan fingerprint density at radius 3 is 1.27 bits per heavy atom. The maximum Gasteiger partial charge on any atom is 0.253 e. The number of imide groups is 2. The Bertz CT molecular complexity index is 1380. The maximum atomic E-state index is 12.5. The zero-order chi connectivity index (χ0) is 31.6. The monoisotopic (exact) mass is 602 g/mol. The number of benzene rings is 2. The molecule has 2 aliphatic heterocycles. The van der Waals surface area contributed by atoms with Crippen molar-refractivity contribution in [2.24, 2.45) is 0 Å². The molecule has 230 valence electrons. The molecule has 44 heavy (non-hydrogen) atoms. The number of phenols is 2. The van der Waals surface area contributed by atoms with E-state index in [1.807, 2.05) is 0 Å². The molecule has 6 amide bonds. The fourth-order valence-electron chi connectivity index (χ4n) is 4.82. The van der Waals surface area contributed by atoms with E-state index in [0.717, 1.165) is 9.80 Å². The maximum absolute atomic E-state index is 12.5. The van der Waals surface area contributed by atoms with E-state index in [1.165, 1.54) is 36.4 Å². The van der Waals surface area contributed by atoms with Crippen molar-refractivity contribution < 1.29 is 39.0 Å². The minimum Gasteiger partial charge on any atom is -0.506 e. The van der Waals surface area contributed by atoms with Gasteiger partial charge < -0.3 is 20.8 Å². The number of hydrogen-bond acceptors (Lipinski definition) is 8. The first-order chi connectivity index (χ1) is 21.1. The van der Waals surface area contributed by atoms with Crippen molar-refractivity contribution in [2.45, 2.75) is 51.4 Å². The Morgan fingerprint density at radius 1 is 0.545 bits per heavy atom. The second-order valence-corrected chi connectivity index (χ2v) is 10.5. The van der Waals surface area contributed by atoms with Crippen LogP contribution in [-0.4, -0.2) is 68.5 Å². The number of hydrogen-bond donors (Lipinski definition) is 4. The van der Waals surface area contributed by atoms with E-state index in [0.29, 0.717) is 62.7 Å². The molecule has 12 heteroatoms. The van der Waals surface area contributed by atoms with Crippen LogP contribution in [0.2, 0.25) is 0 Å². The molecule has 0 fully saturated rings. The van der Waals surface area contributed by atoms with Gasteiger partial charge in [-0.3, -0.25) is 38.6 Å². The van der Waals surface area contributed by atoms with E-state index in [2.05, 4.69) is 10.6 Å². The van der Waals surface area contributed by atoms with Crippen molar-refractivity contribution in [1.29, 1.82) is 0 Å². The molecule has 12 nitrogen and oxygen atoms in total. The van der Waals surface area contributed by atoms with Crippen LogP contribution in [0, 0.1) is 0 Å². The van der Waals surface area contributed by atoms with Gasteiger partial charge in [0.15, 0.2) is 0 Å². The minimum absolute atomic E-state index is 0.123. The summed E-state index contributed by atoms with van der Waals surface area (Å²) < 4.78 is 0. The number of aromatic hydroxyl groups is 2. The Balaban J connectivity index is 1.24. The van der Waals surface area contributed by atoms with Crippen molar-refractivity contribution in [3.05, 3.63) is 60.7 Å². The van der Waals surface area contributed by atoms with E-state index in [1.54, 1.807) is 24.3 Å². The van der Waals surface area contributed by atoms with E-state index in [4.69, 9.17) is 0 Å². The highest BCUT2D eigenvalue weighted by Gasteiger charge is 2.23. The Labute approximate surface area is 254 Å². The van der Waals surface area contributed by atoms with E-state index >= 15 is 0 Å². The van der Waals surface area contributed by atoms with Crippen LogP contribution < -0.4 is 10.6 Å². The summed E-state index contributed by atoms with van der Waals surface area (Å²) in [6, 6.07) is 9.34. The molecule has 0 saturated heterocycles. The number of carbonyl (C=O) groups excluding carboxylic acids is 6. The second kappa shape index (κ2) is 14.8. The third-order valence-electron chi connectivity index (χ3n) is 7.25. The molecule has 0 radical (unpaired) electrons. The average molecular weight is 603 g/mol. The minimum atomic E-state index is -0.330. The molecule has 2 aromatic carbocycles. The smallest absolute Gasteiger partial charge is 0.253 e. The number of anilines is 2. The van der Waals surface area contributed by atoms with Crippen LogP contribution >= 0.6 is 0 Å². The van der Waals surface area contributed by atoms with Gasteiger partial charge in [-0.15, -0.1) is 0 Å². The van der Waals surface area contributed by atoms with Crippen LogP contribution in [0.25, 0.3) is 11.1 Å². The fourth-order valence-corrected chi connectivity index (χ4v) is 4.82. The van der Waals surface area contributed by atoms with Gasteiger partial charge in [0.05, 0.1) is 11.4 Å². The Morgan fingerprint density at radius 2 is 0.909 bits per heavy atom. The molecule has 2 aromatic rings.